The third-order valence-electron chi connectivity index (χ3n) is 5.43. The first-order chi connectivity index (χ1) is 16.4. The van der Waals surface area contributed by atoms with E-state index in [9.17, 15) is 9.59 Å². The highest BCUT2D eigenvalue weighted by Crippen LogP contribution is 2.26. The summed E-state index contributed by atoms with van der Waals surface area (Å²) in [5.74, 6) is 0.238. The number of anilines is 1. The third-order valence-corrected chi connectivity index (χ3v) is 5.43. The number of pyridine rings is 1. The largest absolute Gasteiger partial charge is 0.483 e. The van der Waals surface area contributed by atoms with Crippen molar-refractivity contribution in [3.05, 3.63) is 77.0 Å². The Kier molecular flexibility index (Phi) is 6.58. The van der Waals surface area contributed by atoms with Crippen LogP contribution in [0.5, 0.6) is 5.75 Å². The maximum atomic E-state index is 12.8. The molecule has 0 spiro atoms. The summed E-state index contributed by atoms with van der Waals surface area (Å²) in [6.07, 6.45) is 1.37. The van der Waals surface area contributed by atoms with E-state index < -0.39 is 11.9 Å². The first-order valence-corrected chi connectivity index (χ1v) is 11.0. The van der Waals surface area contributed by atoms with E-state index in [-0.39, 0.29) is 24.6 Å². The molecule has 0 atom stereocenters. The van der Waals surface area contributed by atoms with Crippen LogP contribution >= 0.6 is 0 Å². The molecule has 0 radical (unpaired) electrons. The van der Waals surface area contributed by atoms with Gasteiger partial charge in [-0.25, -0.2) is 9.78 Å². The third kappa shape index (κ3) is 4.61. The number of amides is 1. The molecular weight excluding hydrogens is 432 g/mol. The molecule has 34 heavy (non-hydrogen) atoms. The number of aromatic nitrogens is 3. The summed E-state index contributed by atoms with van der Waals surface area (Å²) in [4.78, 5) is 30.1. The Bertz CT molecular complexity index is 1380. The summed E-state index contributed by atoms with van der Waals surface area (Å²) >= 11 is 0. The van der Waals surface area contributed by atoms with Crippen LogP contribution in [0.3, 0.4) is 0 Å². The smallest absolute Gasteiger partial charge is 0.343 e. The van der Waals surface area contributed by atoms with Crippen molar-refractivity contribution in [2.75, 3.05) is 18.5 Å². The fourth-order valence-electron chi connectivity index (χ4n) is 3.68. The van der Waals surface area contributed by atoms with Gasteiger partial charge in [0.1, 0.15) is 11.3 Å². The second-order valence-corrected chi connectivity index (χ2v) is 7.91. The summed E-state index contributed by atoms with van der Waals surface area (Å²) in [7, 11) is 0. The predicted octanol–water partition coefficient (Wildman–Crippen LogP) is 4.54. The van der Waals surface area contributed by atoms with E-state index in [0.717, 1.165) is 27.6 Å². The van der Waals surface area contributed by atoms with Gasteiger partial charge in [-0.05, 0) is 56.5 Å². The van der Waals surface area contributed by atoms with Crippen LogP contribution in [0, 0.1) is 20.8 Å². The van der Waals surface area contributed by atoms with E-state index in [4.69, 9.17) is 14.5 Å². The molecule has 1 amide bonds. The Morgan fingerprint density at radius 3 is 2.53 bits per heavy atom. The van der Waals surface area contributed by atoms with Gasteiger partial charge in [-0.1, -0.05) is 36.4 Å². The van der Waals surface area contributed by atoms with Gasteiger partial charge in [0.25, 0.3) is 5.91 Å². The number of benzene rings is 2. The topological polar surface area (TPSA) is 95.3 Å². The molecule has 0 aliphatic rings. The minimum absolute atomic E-state index is 0.135. The number of carbonyl (C=O) groups is 2. The van der Waals surface area contributed by atoms with Crippen molar-refractivity contribution in [2.45, 2.75) is 27.7 Å². The molecule has 0 aliphatic heterocycles. The normalized spacial score (nSPS) is 10.8. The van der Waals surface area contributed by atoms with Crippen LogP contribution in [0.2, 0.25) is 0 Å². The Hall–Kier alpha value is -4.20. The Labute approximate surface area is 197 Å². The lowest BCUT2D eigenvalue weighted by Crippen LogP contribution is -2.24. The Morgan fingerprint density at radius 1 is 1.00 bits per heavy atom. The summed E-state index contributed by atoms with van der Waals surface area (Å²) in [5, 5.41) is 8.14. The second-order valence-electron chi connectivity index (χ2n) is 7.91. The lowest BCUT2D eigenvalue weighted by Gasteiger charge is -2.13. The van der Waals surface area contributed by atoms with Gasteiger partial charge < -0.3 is 14.8 Å². The average Bonchev–Trinajstić information content (AvgIpc) is 3.23. The zero-order chi connectivity index (χ0) is 24.2. The van der Waals surface area contributed by atoms with Gasteiger partial charge in [0, 0.05) is 5.39 Å². The van der Waals surface area contributed by atoms with Gasteiger partial charge in [0.2, 0.25) is 0 Å². The minimum atomic E-state index is -0.586. The number of aryl methyl sites for hydroxylation is 3. The van der Waals surface area contributed by atoms with Crippen LogP contribution < -0.4 is 10.1 Å². The first-order valence-electron chi connectivity index (χ1n) is 11.0. The minimum Gasteiger partial charge on any atom is -0.483 e. The van der Waals surface area contributed by atoms with Crippen LogP contribution in [0.1, 0.15) is 34.0 Å². The zero-order valence-electron chi connectivity index (χ0n) is 19.6. The standard InChI is InChI=1S/C26H26N4O4/c1-5-33-26(32)20-14-27-30(22-13-18(4)19-11-8-10-17(3)24(19)28-22)25(20)29-23(31)15-34-21-12-7-6-9-16(21)2/h6-14H,5,15H2,1-4H3,(H,29,31). The zero-order valence-corrected chi connectivity index (χ0v) is 19.6. The number of fused-ring (bicyclic) bond motifs is 1. The number of rotatable bonds is 7. The lowest BCUT2D eigenvalue weighted by atomic mass is 10.1. The Morgan fingerprint density at radius 2 is 1.76 bits per heavy atom. The molecule has 2 heterocycles. The molecule has 0 bridgehead atoms. The number of nitrogens with zero attached hydrogens (tertiary/aromatic N) is 3. The molecule has 4 aromatic rings. The predicted molar refractivity (Wildman–Crippen MR) is 130 cm³/mol. The van der Waals surface area contributed by atoms with Gasteiger partial charge in [-0.2, -0.15) is 9.78 Å². The van der Waals surface area contributed by atoms with Gasteiger partial charge in [-0.15, -0.1) is 0 Å². The van der Waals surface area contributed by atoms with Gasteiger partial charge in [0.05, 0.1) is 18.3 Å². The molecule has 4 rings (SSSR count). The van der Waals surface area contributed by atoms with Crippen molar-refractivity contribution in [1.29, 1.82) is 0 Å². The van der Waals surface area contributed by atoms with Crippen molar-refractivity contribution in [3.63, 3.8) is 0 Å². The first kappa shape index (κ1) is 23.0. The van der Waals surface area contributed by atoms with Crippen molar-refractivity contribution >= 4 is 28.6 Å². The molecule has 0 saturated carbocycles. The molecule has 8 heteroatoms. The van der Waals surface area contributed by atoms with E-state index >= 15 is 0 Å². The van der Waals surface area contributed by atoms with Crippen molar-refractivity contribution in [1.82, 2.24) is 14.8 Å². The maximum Gasteiger partial charge on any atom is 0.343 e. The fraction of sp³-hybridized carbons (Fsp3) is 0.231. The molecule has 0 saturated heterocycles. The highest BCUT2D eigenvalue weighted by atomic mass is 16.5. The summed E-state index contributed by atoms with van der Waals surface area (Å²) in [6, 6.07) is 15.3. The van der Waals surface area contributed by atoms with E-state index in [1.165, 1.54) is 10.9 Å². The molecular formula is C26H26N4O4. The molecule has 174 valence electrons. The number of ether oxygens (including phenoxy) is 2. The summed E-state index contributed by atoms with van der Waals surface area (Å²) in [5.41, 5.74) is 3.88. The molecule has 2 aromatic carbocycles. The highest BCUT2D eigenvalue weighted by Gasteiger charge is 2.23. The second kappa shape index (κ2) is 9.74. The highest BCUT2D eigenvalue weighted by molar-refractivity contribution is 6.01. The molecule has 0 fully saturated rings. The van der Waals surface area contributed by atoms with Crippen LogP contribution in [0.25, 0.3) is 16.7 Å². The van der Waals surface area contributed by atoms with Gasteiger partial charge in [-0.3, -0.25) is 4.79 Å². The van der Waals surface area contributed by atoms with Crippen LogP contribution in [0.15, 0.2) is 54.7 Å². The lowest BCUT2D eigenvalue weighted by molar-refractivity contribution is -0.118. The van der Waals surface area contributed by atoms with Crippen molar-refractivity contribution < 1.29 is 19.1 Å². The maximum absolute atomic E-state index is 12.8. The molecule has 8 nitrogen and oxygen atoms in total. The van der Waals surface area contributed by atoms with Crippen LogP contribution in [-0.4, -0.2) is 39.9 Å². The van der Waals surface area contributed by atoms with Crippen molar-refractivity contribution in [3.8, 4) is 11.6 Å². The number of hydrogen-bond acceptors (Lipinski definition) is 6. The summed E-state index contributed by atoms with van der Waals surface area (Å²) in [6.45, 7) is 7.54. The average molecular weight is 459 g/mol. The van der Waals surface area contributed by atoms with E-state index in [1.807, 2.05) is 63.2 Å². The SMILES string of the molecule is CCOC(=O)c1cnn(-c2cc(C)c3cccc(C)c3n2)c1NC(=O)COc1ccccc1C. The van der Waals surface area contributed by atoms with Crippen LogP contribution in [-0.2, 0) is 9.53 Å². The number of para-hydroxylation sites is 2. The van der Waals surface area contributed by atoms with Gasteiger partial charge >= 0.3 is 5.97 Å². The monoisotopic (exact) mass is 458 g/mol. The number of hydrogen-bond donors (Lipinski definition) is 1. The van der Waals surface area contributed by atoms with E-state index in [1.54, 1.807) is 13.0 Å². The van der Waals surface area contributed by atoms with E-state index in [2.05, 4.69) is 10.4 Å². The molecule has 2 aromatic heterocycles. The van der Waals surface area contributed by atoms with Crippen molar-refractivity contribution in [2.24, 2.45) is 0 Å². The Balaban J connectivity index is 1.70. The van der Waals surface area contributed by atoms with Crippen LogP contribution in [0.4, 0.5) is 5.82 Å². The molecule has 1 N–H and O–H groups in total. The number of nitrogens with one attached hydrogen (secondary N) is 1. The summed E-state index contributed by atoms with van der Waals surface area (Å²) < 4.78 is 12.3. The fourth-order valence-corrected chi connectivity index (χ4v) is 3.68. The molecule has 0 aliphatic carbocycles. The molecule has 0 unspecified atom stereocenters. The quantitative estimate of drug-likeness (QED) is 0.409. The number of esters is 1. The van der Waals surface area contributed by atoms with E-state index in [0.29, 0.717) is 11.6 Å². The van der Waals surface area contributed by atoms with Gasteiger partial charge in [0.15, 0.2) is 18.2 Å². The number of carbonyl (C=O) groups excluding carboxylic acids is 2.